The highest BCUT2D eigenvalue weighted by atomic mass is 35.5. The molecule has 4 atom stereocenters. The summed E-state index contributed by atoms with van der Waals surface area (Å²) in [5, 5.41) is 14.6. The number of hydrogen-bond donors (Lipinski definition) is 2. The van der Waals surface area contributed by atoms with Crippen molar-refractivity contribution in [3.05, 3.63) is 69.7 Å². The summed E-state index contributed by atoms with van der Waals surface area (Å²) >= 11 is 12.2. The number of halogens is 2. The summed E-state index contributed by atoms with van der Waals surface area (Å²) in [6.07, 6.45) is -0.703. The van der Waals surface area contributed by atoms with Gasteiger partial charge in [0, 0.05) is 18.8 Å². The van der Waals surface area contributed by atoms with Gasteiger partial charge in [-0.25, -0.2) is 0 Å². The van der Waals surface area contributed by atoms with Gasteiger partial charge in [-0.1, -0.05) is 59.6 Å². The van der Waals surface area contributed by atoms with E-state index < -0.39 is 6.10 Å². The van der Waals surface area contributed by atoms with Crippen LogP contribution in [0.3, 0.4) is 0 Å². The molecule has 1 heterocycles. The van der Waals surface area contributed by atoms with Gasteiger partial charge in [-0.15, -0.1) is 0 Å². The number of aliphatic hydroxyl groups is 1. The van der Waals surface area contributed by atoms with Crippen molar-refractivity contribution >= 4 is 29.1 Å². The van der Waals surface area contributed by atoms with Crippen molar-refractivity contribution in [1.29, 1.82) is 0 Å². The van der Waals surface area contributed by atoms with Crippen LogP contribution in [0.2, 0.25) is 10.0 Å². The van der Waals surface area contributed by atoms with Gasteiger partial charge in [-0.05, 0) is 23.3 Å². The van der Waals surface area contributed by atoms with Crippen LogP contribution in [0.5, 0.6) is 0 Å². The third-order valence-electron chi connectivity index (χ3n) is 4.75. The first-order valence-corrected chi connectivity index (χ1v) is 9.25. The Bertz CT molecular complexity index is 769. The molecule has 1 saturated heterocycles. The van der Waals surface area contributed by atoms with Gasteiger partial charge >= 0.3 is 0 Å². The fraction of sp³-hybridized carbons (Fsp3) is 0.350. The third kappa shape index (κ3) is 4.21. The molecule has 26 heavy (non-hydrogen) atoms. The molecule has 138 valence electrons. The number of carbonyl (C=O) groups excluding carboxylic acids is 1. The molecular formula is C20H21Cl2NO3. The van der Waals surface area contributed by atoms with E-state index in [1.54, 1.807) is 12.1 Å². The predicted molar refractivity (Wildman–Crippen MR) is 103 cm³/mol. The van der Waals surface area contributed by atoms with Crippen LogP contribution in [0.1, 0.15) is 30.0 Å². The average molecular weight is 394 g/mol. The number of ether oxygens (including phenoxy) is 1. The largest absolute Gasteiger partial charge is 0.390 e. The van der Waals surface area contributed by atoms with Gasteiger partial charge < -0.3 is 15.2 Å². The highest BCUT2D eigenvalue weighted by molar-refractivity contribution is 6.42. The van der Waals surface area contributed by atoms with Gasteiger partial charge in [-0.2, -0.15) is 0 Å². The lowest BCUT2D eigenvalue weighted by atomic mass is 9.75. The summed E-state index contributed by atoms with van der Waals surface area (Å²) in [5.74, 6) is -0.523. The zero-order chi connectivity index (χ0) is 18.7. The van der Waals surface area contributed by atoms with Crippen LogP contribution in [0.4, 0.5) is 0 Å². The second kappa shape index (κ2) is 8.40. The second-order valence-electron chi connectivity index (χ2n) is 6.56. The van der Waals surface area contributed by atoms with Gasteiger partial charge in [0.1, 0.15) is 0 Å². The van der Waals surface area contributed by atoms with E-state index in [0.717, 1.165) is 11.1 Å². The van der Waals surface area contributed by atoms with Gasteiger partial charge in [0.15, 0.2) is 0 Å². The van der Waals surface area contributed by atoms with Crippen LogP contribution in [0.15, 0.2) is 48.5 Å². The molecule has 0 saturated carbocycles. The SMILES string of the molecule is CC(=O)NC(c1ccccc1)[C@H]1COC[C@@H](O)[C@@H]1c1ccc(Cl)c(Cl)c1. The molecular weight excluding hydrogens is 373 g/mol. The molecule has 3 rings (SSSR count). The summed E-state index contributed by atoms with van der Waals surface area (Å²) in [7, 11) is 0. The molecule has 1 unspecified atom stereocenters. The maximum absolute atomic E-state index is 11.8. The first-order chi connectivity index (χ1) is 12.5. The molecule has 1 aliphatic heterocycles. The number of nitrogens with one attached hydrogen (secondary N) is 1. The fourth-order valence-electron chi connectivity index (χ4n) is 3.63. The van der Waals surface area contributed by atoms with Gasteiger partial charge in [-0.3, -0.25) is 4.79 Å². The molecule has 4 nitrogen and oxygen atoms in total. The van der Waals surface area contributed by atoms with Crippen molar-refractivity contribution in [3.63, 3.8) is 0 Å². The number of hydrogen-bond acceptors (Lipinski definition) is 3. The lowest BCUT2D eigenvalue weighted by Crippen LogP contribution is -2.45. The van der Waals surface area contributed by atoms with Crippen molar-refractivity contribution in [2.24, 2.45) is 5.92 Å². The second-order valence-corrected chi connectivity index (χ2v) is 7.37. The molecule has 0 aromatic heterocycles. The first-order valence-electron chi connectivity index (χ1n) is 8.50. The smallest absolute Gasteiger partial charge is 0.217 e. The molecule has 1 fully saturated rings. The number of benzene rings is 2. The maximum atomic E-state index is 11.8. The molecule has 0 bridgehead atoms. The minimum atomic E-state index is -0.703. The van der Waals surface area contributed by atoms with E-state index in [1.165, 1.54) is 6.92 Å². The molecule has 6 heteroatoms. The Kier molecular flexibility index (Phi) is 6.20. The predicted octanol–water partition coefficient (Wildman–Crippen LogP) is 3.96. The molecule has 0 aliphatic carbocycles. The van der Waals surface area contributed by atoms with E-state index in [4.69, 9.17) is 27.9 Å². The average Bonchev–Trinajstić information content (AvgIpc) is 2.62. The Balaban J connectivity index is 2.02. The van der Waals surface area contributed by atoms with Crippen LogP contribution in [0, 0.1) is 5.92 Å². The van der Waals surface area contributed by atoms with Crippen LogP contribution < -0.4 is 5.32 Å². The summed E-state index contributed by atoms with van der Waals surface area (Å²) < 4.78 is 5.62. The van der Waals surface area contributed by atoms with Crippen LogP contribution in [0.25, 0.3) is 0 Å². The topological polar surface area (TPSA) is 58.6 Å². The Hall–Kier alpha value is -1.59. The van der Waals surface area contributed by atoms with E-state index in [9.17, 15) is 9.90 Å². The summed E-state index contributed by atoms with van der Waals surface area (Å²) in [6.45, 7) is 2.15. The maximum Gasteiger partial charge on any atom is 0.217 e. The van der Waals surface area contributed by atoms with Crippen molar-refractivity contribution in [2.75, 3.05) is 13.2 Å². The highest BCUT2D eigenvalue weighted by Gasteiger charge is 2.40. The van der Waals surface area contributed by atoms with E-state index in [2.05, 4.69) is 5.32 Å². The van der Waals surface area contributed by atoms with E-state index in [-0.39, 0.29) is 30.4 Å². The number of rotatable bonds is 4. The lowest BCUT2D eigenvalue weighted by Gasteiger charge is -2.40. The van der Waals surface area contributed by atoms with Gasteiger partial charge in [0.05, 0.1) is 35.4 Å². The van der Waals surface area contributed by atoms with Crippen molar-refractivity contribution in [1.82, 2.24) is 5.32 Å². The highest BCUT2D eigenvalue weighted by Crippen LogP contribution is 2.41. The van der Waals surface area contributed by atoms with Crippen LogP contribution >= 0.6 is 23.2 Å². The standard InChI is InChI=1S/C20H21Cl2NO3/c1-12(24)23-20(13-5-3-2-4-6-13)15-10-26-11-18(25)19(15)14-7-8-16(21)17(22)9-14/h2-9,15,18-20,25H,10-11H2,1H3,(H,23,24)/t15-,18+,19+,20?/m0/s1. The lowest BCUT2D eigenvalue weighted by molar-refractivity contribution is -0.121. The summed E-state index contributed by atoms with van der Waals surface area (Å²) in [4.78, 5) is 11.8. The molecule has 1 amide bonds. The third-order valence-corrected chi connectivity index (χ3v) is 5.49. The molecule has 2 aromatic carbocycles. The summed E-state index contributed by atoms with van der Waals surface area (Å²) in [6, 6.07) is 14.8. The monoisotopic (exact) mass is 393 g/mol. The molecule has 0 radical (unpaired) electrons. The van der Waals surface area contributed by atoms with Gasteiger partial charge in [0.25, 0.3) is 0 Å². The minimum Gasteiger partial charge on any atom is -0.390 e. The Morgan fingerprint density at radius 2 is 1.88 bits per heavy atom. The Labute approximate surface area is 163 Å². The van der Waals surface area contributed by atoms with Gasteiger partial charge in [0.2, 0.25) is 5.91 Å². The fourth-order valence-corrected chi connectivity index (χ4v) is 3.93. The van der Waals surface area contributed by atoms with E-state index in [1.807, 2.05) is 36.4 Å². The van der Waals surface area contributed by atoms with E-state index >= 15 is 0 Å². The Morgan fingerprint density at radius 1 is 1.15 bits per heavy atom. The van der Waals surface area contributed by atoms with E-state index in [0.29, 0.717) is 16.7 Å². The normalized spacial score (nSPS) is 24.1. The number of carbonyl (C=O) groups is 1. The summed E-state index contributed by atoms with van der Waals surface area (Å²) in [5.41, 5.74) is 1.85. The molecule has 0 spiro atoms. The first kappa shape index (κ1) is 19.2. The minimum absolute atomic E-state index is 0.133. The molecule has 1 aliphatic rings. The number of amides is 1. The quantitative estimate of drug-likeness (QED) is 0.826. The zero-order valence-electron chi connectivity index (χ0n) is 14.4. The van der Waals surface area contributed by atoms with Crippen molar-refractivity contribution in [3.8, 4) is 0 Å². The molecule has 2 aromatic rings. The molecule has 2 N–H and O–H groups in total. The van der Waals surface area contributed by atoms with Crippen LogP contribution in [-0.4, -0.2) is 30.3 Å². The van der Waals surface area contributed by atoms with Crippen molar-refractivity contribution < 1.29 is 14.6 Å². The Morgan fingerprint density at radius 3 is 2.54 bits per heavy atom. The van der Waals surface area contributed by atoms with Crippen LogP contribution in [-0.2, 0) is 9.53 Å². The number of aliphatic hydroxyl groups excluding tert-OH is 1. The zero-order valence-corrected chi connectivity index (χ0v) is 15.9. The van der Waals surface area contributed by atoms with Crippen molar-refractivity contribution in [2.45, 2.75) is 25.0 Å².